The third-order valence-corrected chi connectivity index (χ3v) is 4.01. The van der Waals surface area contributed by atoms with Crippen molar-refractivity contribution in [3.63, 3.8) is 0 Å². The van der Waals surface area contributed by atoms with Gasteiger partial charge in [-0.2, -0.15) is 0 Å². The molecule has 2 amide bonds. The lowest BCUT2D eigenvalue weighted by Gasteiger charge is -2.14. The minimum atomic E-state index is -0.780. The lowest BCUT2D eigenvalue weighted by Crippen LogP contribution is -2.32. The third-order valence-electron chi connectivity index (χ3n) is 3.68. The first-order valence-electron chi connectivity index (χ1n) is 7.36. The van der Waals surface area contributed by atoms with Crippen LogP contribution in [0.5, 0.6) is 5.75 Å². The molecule has 1 atom stereocenters. The zero-order valence-electron chi connectivity index (χ0n) is 12.4. The molecule has 0 aromatic heterocycles. The number of fused-ring (bicyclic) bond motifs is 1. The van der Waals surface area contributed by atoms with Gasteiger partial charge >= 0.3 is 6.03 Å². The van der Waals surface area contributed by atoms with E-state index in [1.54, 1.807) is 24.3 Å². The molecule has 23 heavy (non-hydrogen) atoms. The van der Waals surface area contributed by atoms with Gasteiger partial charge in [-0.1, -0.05) is 29.8 Å². The predicted molar refractivity (Wildman–Crippen MR) is 89.1 cm³/mol. The Balaban J connectivity index is 1.55. The van der Waals surface area contributed by atoms with Crippen molar-refractivity contribution in [2.45, 2.75) is 12.5 Å². The molecular weight excluding hydrogens is 316 g/mol. The Morgan fingerprint density at radius 2 is 2.13 bits per heavy atom. The van der Waals surface area contributed by atoms with Gasteiger partial charge in [-0.15, -0.1) is 0 Å². The quantitative estimate of drug-likeness (QED) is 0.805. The first-order chi connectivity index (χ1) is 11.1. The Morgan fingerprint density at radius 3 is 2.96 bits per heavy atom. The monoisotopic (exact) mass is 332 g/mol. The second-order valence-corrected chi connectivity index (χ2v) is 5.70. The molecule has 0 saturated heterocycles. The summed E-state index contributed by atoms with van der Waals surface area (Å²) >= 11 is 5.98. The fraction of sp³-hybridized carbons (Fsp3) is 0.235. The molecule has 120 valence electrons. The fourth-order valence-corrected chi connectivity index (χ4v) is 2.63. The highest BCUT2D eigenvalue weighted by molar-refractivity contribution is 6.33. The van der Waals surface area contributed by atoms with Crippen LogP contribution in [0.2, 0.25) is 5.02 Å². The number of ether oxygens (including phenoxy) is 1. The van der Waals surface area contributed by atoms with Crippen LogP contribution in [0.4, 0.5) is 10.5 Å². The molecule has 2 aromatic rings. The second-order valence-electron chi connectivity index (χ2n) is 5.30. The van der Waals surface area contributed by atoms with Gasteiger partial charge in [-0.05, 0) is 35.4 Å². The van der Waals surface area contributed by atoms with Crippen LogP contribution in [-0.2, 0) is 6.42 Å². The van der Waals surface area contributed by atoms with Crippen LogP contribution in [0.3, 0.4) is 0 Å². The van der Waals surface area contributed by atoms with E-state index in [1.807, 2.05) is 18.2 Å². The number of carbonyl (C=O) groups is 1. The Bertz CT molecular complexity index is 721. The van der Waals surface area contributed by atoms with Gasteiger partial charge < -0.3 is 20.5 Å². The van der Waals surface area contributed by atoms with Gasteiger partial charge in [-0.3, -0.25) is 0 Å². The Morgan fingerprint density at radius 1 is 1.30 bits per heavy atom. The van der Waals surface area contributed by atoms with E-state index in [4.69, 9.17) is 16.3 Å². The molecule has 5 nitrogen and oxygen atoms in total. The average molecular weight is 333 g/mol. The van der Waals surface area contributed by atoms with E-state index >= 15 is 0 Å². The molecule has 0 radical (unpaired) electrons. The molecule has 3 rings (SSSR count). The van der Waals surface area contributed by atoms with Crippen molar-refractivity contribution < 1.29 is 14.6 Å². The summed E-state index contributed by atoms with van der Waals surface area (Å²) in [6.45, 7) is 0.781. The first kappa shape index (κ1) is 15.6. The summed E-state index contributed by atoms with van der Waals surface area (Å²) in [6, 6.07) is 12.1. The third kappa shape index (κ3) is 3.75. The van der Waals surface area contributed by atoms with Crippen molar-refractivity contribution in [3.05, 3.63) is 58.6 Å². The molecule has 0 unspecified atom stereocenters. The number of nitrogens with one attached hydrogen (secondary N) is 2. The molecule has 0 spiro atoms. The Hall–Kier alpha value is -2.24. The van der Waals surface area contributed by atoms with E-state index in [0.29, 0.717) is 17.3 Å². The second kappa shape index (κ2) is 6.89. The molecule has 0 bridgehead atoms. The molecular formula is C17H17ClN2O3. The molecule has 1 aliphatic heterocycles. The molecule has 0 saturated carbocycles. The highest BCUT2D eigenvalue weighted by Gasteiger charge is 2.16. The molecule has 0 fully saturated rings. The lowest BCUT2D eigenvalue weighted by atomic mass is 10.0. The summed E-state index contributed by atoms with van der Waals surface area (Å²) in [5, 5.41) is 16.0. The molecule has 6 heteroatoms. The van der Waals surface area contributed by atoms with Crippen molar-refractivity contribution in [1.82, 2.24) is 5.32 Å². The number of carbonyl (C=O) groups excluding carboxylic acids is 1. The largest absolute Gasteiger partial charge is 0.493 e. The van der Waals surface area contributed by atoms with Crippen LogP contribution in [0, 0.1) is 0 Å². The smallest absolute Gasteiger partial charge is 0.319 e. The van der Waals surface area contributed by atoms with Crippen molar-refractivity contribution in [3.8, 4) is 5.75 Å². The van der Waals surface area contributed by atoms with E-state index in [0.717, 1.165) is 23.3 Å². The number of amides is 2. The Kier molecular flexibility index (Phi) is 4.69. The average Bonchev–Trinajstić information content (AvgIpc) is 3.02. The zero-order valence-corrected chi connectivity index (χ0v) is 13.1. The number of aliphatic hydroxyl groups excluding tert-OH is 1. The molecule has 2 aromatic carbocycles. The van der Waals surface area contributed by atoms with E-state index in [1.165, 1.54) is 0 Å². The normalized spacial score (nSPS) is 13.8. The highest BCUT2D eigenvalue weighted by atomic mass is 35.5. The van der Waals surface area contributed by atoms with Gasteiger partial charge in [0.15, 0.2) is 0 Å². The SMILES string of the molecule is O=C(NC[C@H](O)c1ccc2c(c1)CCO2)Nc1ccccc1Cl. The maximum Gasteiger partial charge on any atom is 0.319 e. The highest BCUT2D eigenvalue weighted by Crippen LogP contribution is 2.28. The summed E-state index contributed by atoms with van der Waals surface area (Å²) in [6.07, 6.45) is 0.0638. The van der Waals surface area contributed by atoms with E-state index in [-0.39, 0.29) is 6.54 Å². The van der Waals surface area contributed by atoms with Gasteiger partial charge in [0.1, 0.15) is 5.75 Å². The van der Waals surface area contributed by atoms with Gasteiger partial charge in [0.05, 0.1) is 23.4 Å². The van der Waals surface area contributed by atoms with Crippen molar-refractivity contribution >= 4 is 23.3 Å². The topological polar surface area (TPSA) is 70.6 Å². The summed E-state index contributed by atoms with van der Waals surface area (Å²) in [4.78, 5) is 11.9. The zero-order chi connectivity index (χ0) is 16.2. The number of hydrogen-bond donors (Lipinski definition) is 3. The number of para-hydroxylation sites is 1. The van der Waals surface area contributed by atoms with Gasteiger partial charge in [0.2, 0.25) is 0 Å². The lowest BCUT2D eigenvalue weighted by molar-refractivity contribution is 0.175. The number of urea groups is 1. The van der Waals surface area contributed by atoms with Crippen LogP contribution >= 0.6 is 11.6 Å². The van der Waals surface area contributed by atoms with E-state index in [9.17, 15) is 9.90 Å². The van der Waals surface area contributed by atoms with E-state index in [2.05, 4.69) is 10.6 Å². The number of rotatable bonds is 4. The number of aliphatic hydroxyl groups is 1. The first-order valence-corrected chi connectivity index (χ1v) is 7.74. The van der Waals surface area contributed by atoms with Gasteiger partial charge in [0.25, 0.3) is 0 Å². The van der Waals surface area contributed by atoms with Gasteiger partial charge in [-0.25, -0.2) is 4.79 Å². The fourth-order valence-electron chi connectivity index (χ4n) is 2.45. The molecule has 3 N–H and O–H groups in total. The predicted octanol–water partition coefficient (Wildman–Crippen LogP) is 3.13. The van der Waals surface area contributed by atoms with Crippen LogP contribution in [0.1, 0.15) is 17.2 Å². The van der Waals surface area contributed by atoms with Crippen LogP contribution < -0.4 is 15.4 Å². The van der Waals surface area contributed by atoms with Crippen molar-refractivity contribution in [1.29, 1.82) is 0 Å². The summed E-state index contributed by atoms with van der Waals surface area (Å²) < 4.78 is 5.44. The van der Waals surface area contributed by atoms with Gasteiger partial charge in [0, 0.05) is 13.0 Å². The van der Waals surface area contributed by atoms with E-state index < -0.39 is 12.1 Å². The molecule has 1 aliphatic rings. The van der Waals surface area contributed by atoms with Crippen molar-refractivity contribution in [2.24, 2.45) is 0 Å². The van der Waals surface area contributed by atoms with Crippen molar-refractivity contribution in [2.75, 3.05) is 18.5 Å². The number of hydrogen-bond acceptors (Lipinski definition) is 3. The van der Waals surface area contributed by atoms with Crippen LogP contribution in [0.25, 0.3) is 0 Å². The minimum absolute atomic E-state index is 0.107. The standard InChI is InChI=1S/C17H17ClN2O3/c18-13-3-1-2-4-14(13)20-17(22)19-10-15(21)11-5-6-16-12(9-11)7-8-23-16/h1-6,9,15,21H,7-8,10H2,(H2,19,20,22)/t15-/m0/s1. The molecule has 0 aliphatic carbocycles. The summed E-state index contributed by atoms with van der Waals surface area (Å²) in [5.41, 5.74) is 2.37. The maximum absolute atomic E-state index is 11.9. The van der Waals surface area contributed by atoms with Crippen LogP contribution in [0.15, 0.2) is 42.5 Å². The number of anilines is 1. The van der Waals surface area contributed by atoms with Crippen LogP contribution in [-0.4, -0.2) is 24.3 Å². The summed E-state index contributed by atoms with van der Waals surface area (Å²) in [7, 11) is 0. The minimum Gasteiger partial charge on any atom is -0.493 e. The maximum atomic E-state index is 11.9. The summed E-state index contributed by atoms with van der Waals surface area (Å²) in [5.74, 6) is 0.866. The number of halogens is 1. The molecule has 1 heterocycles. The number of benzene rings is 2. The Labute approximate surface area is 139 Å².